The minimum atomic E-state index is -0.447. The van der Waals surface area contributed by atoms with Crippen LogP contribution in [0.5, 0.6) is 5.75 Å². The molecule has 3 rings (SSSR count). The molecule has 0 aromatic heterocycles. The first-order chi connectivity index (χ1) is 13.7. The van der Waals surface area contributed by atoms with Crippen LogP contribution >= 0.6 is 51.5 Å². The van der Waals surface area contributed by atoms with Crippen LogP contribution in [0, 0.1) is 0 Å². The van der Waals surface area contributed by atoms with Crippen LogP contribution in [-0.4, -0.2) is 27.2 Å². The Hall–Kier alpha value is -1.87. The largest absolute Gasteiger partial charge is 0.490 e. The molecular weight excluding hydrogens is 496 g/mol. The van der Waals surface area contributed by atoms with Gasteiger partial charge in [-0.15, -0.1) is 0 Å². The number of hydrogen-bond donors (Lipinski definition) is 1. The van der Waals surface area contributed by atoms with Crippen molar-refractivity contribution >= 4 is 73.7 Å². The van der Waals surface area contributed by atoms with Crippen molar-refractivity contribution in [1.82, 2.24) is 10.4 Å². The number of nitrogens with one attached hydrogen (secondary N) is 1. The van der Waals surface area contributed by atoms with Crippen LogP contribution in [0.4, 0.5) is 0 Å². The molecule has 0 saturated carbocycles. The molecule has 1 saturated heterocycles. The SMILES string of the molecule is CC(C)Oc1ccc(/C=C2\SC(=S)N(NC(=O)c3ccc(Cl)cc3)C2=O)cc1Br. The number of carbonyl (C=O) groups is 2. The number of rotatable bonds is 5. The number of amides is 2. The number of halogens is 2. The van der Waals surface area contributed by atoms with Gasteiger partial charge >= 0.3 is 0 Å². The number of hydrogen-bond acceptors (Lipinski definition) is 5. The molecule has 0 spiro atoms. The fourth-order valence-electron chi connectivity index (χ4n) is 2.44. The summed E-state index contributed by atoms with van der Waals surface area (Å²) in [6.07, 6.45) is 1.77. The monoisotopic (exact) mass is 510 g/mol. The lowest BCUT2D eigenvalue weighted by Gasteiger charge is -2.15. The molecule has 1 N–H and O–H groups in total. The Bertz CT molecular complexity index is 1010. The first-order valence-corrected chi connectivity index (χ1v) is 10.9. The smallest absolute Gasteiger partial charge is 0.285 e. The number of thioether (sulfide) groups is 1. The molecule has 0 unspecified atom stereocenters. The van der Waals surface area contributed by atoms with Gasteiger partial charge in [-0.2, -0.15) is 5.01 Å². The molecule has 150 valence electrons. The summed E-state index contributed by atoms with van der Waals surface area (Å²) in [5.74, 6) is -0.113. The van der Waals surface area contributed by atoms with E-state index in [2.05, 4.69) is 21.4 Å². The highest BCUT2D eigenvalue weighted by Crippen LogP contribution is 2.33. The first kappa shape index (κ1) is 21.8. The van der Waals surface area contributed by atoms with Crippen LogP contribution in [0.1, 0.15) is 29.8 Å². The standard InChI is InChI=1S/C20H16BrClN2O3S2/c1-11(2)27-16-8-3-12(9-15(16)21)10-17-19(26)24(20(28)29-17)23-18(25)13-4-6-14(22)7-5-13/h3-11H,1-2H3,(H,23,25)/b17-10-. The van der Waals surface area contributed by atoms with E-state index < -0.39 is 5.91 Å². The second kappa shape index (κ2) is 9.30. The van der Waals surface area contributed by atoms with E-state index in [1.807, 2.05) is 32.0 Å². The second-order valence-corrected chi connectivity index (χ2v) is 9.29. The van der Waals surface area contributed by atoms with Crippen LogP contribution in [0.3, 0.4) is 0 Å². The Morgan fingerprint density at radius 1 is 1.28 bits per heavy atom. The predicted octanol–water partition coefficient (Wildman–Crippen LogP) is 5.44. The van der Waals surface area contributed by atoms with Crippen LogP contribution in [0.2, 0.25) is 5.02 Å². The molecule has 0 atom stereocenters. The maximum Gasteiger partial charge on any atom is 0.285 e. The topological polar surface area (TPSA) is 58.6 Å². The number of carbonyl (C=O) groups excluding carboxylic acids is 2. The Morgan fingerprint density at radius 2 is 1.97 bits per heavy atom. The quantitative estimate of drug-likeness (QED) is 0.428. The van der Waals surface area contributed by atoms with Crippen LogP contribution in [0.25, 0.3) is 6.08 Å². The Balaban J connectivity index is 1.75. The fourth-order valence-corrected chi connectivity index (χ4v) is 4.23. The van der Waals surface area contributed by atoms with Gasteiger partial charge in [0.25, 0.3) is 11.8 Å². The summed E-state index contributed by atoms with van der Waals surface area (Å²) >= 11 is 15.7. The lowest BCUT2D eigenvalue weighted by atomic mass is 10.2. The molecule has 2 aromatic carbocycles. The lowest BCUT2D eigenvalue weighted by Crippen LogP contribution is -2.44. The normalized spacial score (nSPS) is 15.3. The molecule has 1 fully saturated rings. The third-order valence-corrected chi connectivity index (χ3v) is 5.90. The molecule has 0 radical (unpaired) electrons. The van der Waals surface area contributed by atoms with Gasteiger partial charge in [0, 0.05) is 10.6 Å². The van der Waals surface area contributed by atoms with Crippen molar-refractivity contribution in [1.29, 1.82) is 0 Å². The van der Waals surface area contributed by atoms with Crippen molar-refractivity contribution in [2.24, 2.45) is 0 Å². The summed E-state index contributed by atoms with van der Waals surface area (Å²) < 4.78 is 6.73. The van der Waals surface area contributed by atoms with Crippen LogP contribution in [0.15, 0.2) is 51.8 Å². The van der Waals surface area contributed by atoms with Crippen molar-refractivity contribution in [2.45, 2.75) is 20.0 Å². The predicted molar refractivity (Wildman–Crippen MR) is 124 cm³/mol. The summed E-state index contributed by atoms with van der Waals surface area (Å²) in [6.45, 7) is 3.90. The molecule has 1 heterocycles. The van der Waals surface area contributed by atoms with E-state index in [1.54, 1.807) is 30.3 Å². The number of hydrazine groups is 1. The molecule has 1 aliphatic heterocycles. The van der Waals surface area contributed by atoms with Crippen molar-refractivity contribution in [2.75, 3.05) is 0 Å². The minimum Gasteiger partial charge on any atom is -0.490 e. The number of benzene rings is 2. The average Bonchev–Trinajstić information content (AvgIpc) is 2.91. The maximum absolute atomic E-state index is 12.7. The Kier molecular flexibility index (Phi) is 7.00. The van der Waals surface area contributed by atoms with Crippen LogP contribution in [-0.2, 0) is 4.79 Å². The third kappa shape index (κ3) is 5.39. The summed E-state index contributed by atoms with van der Waals surface area (Å²) in [7, 11) is 0. The van der Waals surface area contributed by atoms with Crippen molar-refractivity contribution < 1.29 is 14.3 Å². The maximum atomic E-state index is 12.7. The molecule has 0 bridgehead atoms. The van der Waals surface area contributed by atoms with E-state index in [9.17, 15) is 9.59 Å². The van der Waals surface area contributed by atoms with Crippen LogP contribution < -0.4 is 10.2 Å². The van der Waals surface area contributed by atoms with Gasteiger partial charge < -0.3 is 4.74 Å². The number of thiocarbonyl (C=S) groups is 1. The zero-order chi connectivity index (χ0) is 21.1. The minimum absolute atomic E-state index is 0.0534. The van der Waals surface area contributed by atoms with E-state index in [4.69, 9.17) is 28.6 Å². The van der Waals surface area contributed by atoms with E-state index >= 15 is 0 Å². The average molecular weight is 512 g/mol. The Labute approximate surface area is 191 Å². The van der Waals surface area contributed by atoms with Gasteiger partial charge in [-0.3, -0.25) is 15.0 Å². The van der Waals surface area contributed by atoms with Gasteiger partial charge in [0.05, 0.1) is 15.5 Å². The van der Waals surface area contributed by atoms with Crippen molar-refractivity contribution in [3.63, 3.8) is 0 Å². The molecule has 0 aliphatic carbocycles. The number of nitrogens with zero attached hydrogens (tertiary/aromatic N) is 1. The molecular formula is C20H16BrClN2O3S2. The van der Waals surface area contributed by atoms with Gasteiger partial charge in [0.15, 0.2) is 4.32 Å². The highest BCUT2D eigenvalue weighted by Gasteiger charge is 2.33. The zero-order valence-corrected chi connectivity index (χ0v) is 19.4. The van der Waals surface area contributed by atoms with E-state index in [0.29, 0.717) is 15.5 Å². The lowest BCUT2D eigenvalue weighted by molar-refractivity contribution is -0.123. The van der Waals surface area contributed by atoms with Gasteiger partial charge in [0.1, 0.15) is 5.75 Å². The molecule has 2 amide bonds. The van der Waals surface area contributed by atoms with E-state index in [1.165, 1.54) is 0 Å². The van der Waals surface area contributed by atoms with Gasteiger partial charge in [-0.25, -0.2) is 0 Å². The fraction of sp³-hybridized carbons (Fsp3) is 0.150. The molecule has 5 nitrogen and oxygen atoms in total. The van der Waals surface area contributed by atoms with Gasteiger partial charge in [-0.05, 0) is 90.0 Å². The van der Waals surface area contributed by atoms with Gasteiger partial charge in [0.2, 0.25) is 0 Å². The van der Waals surface area contributed by atoms with E-state index in [-0.39, 0.29) is 16.3 Å². The molecule has 2 aromatic rings. The number of ether oxygens (including phenoxy) is 1. The summed E-state index contributed by atoms with van der Waals surface area (Å²) in [6, 6.07) is 11.9. The highest BCUT2D eigenvalue weighted by atomic mass is 79.9. The highest BCUT2D eigenvalue weighted by molar-refractivity contribution is 9.10. The summed E-state index contributed by atoms with van der Waals surface area (Å²) in [5.41, 5.74) is 3.72. The molecule has 29 heavy (non-hydrogen) atoms. The second-order valence-electron chi connectivity index (χ2n) is 6.32. The summed E-state index contributed by atoms with van der Waals surface area (Å²) in [5, 5.41) is 1.60. The van der Waals surface area contributed by atoms with Gasteiger partial charge in [-0.1, -0.05) is 29.4 Å². The molecule has 1 aliphatic rings. The molecule has 9 heteroatoms. The Morgan fingerprint density at radius 3 is 2.59 bits per heavy atom. The van der Waals surface area contributed by atoms with Crippen molar-refractivity contribution in [3.05, 3.63) is 68.0 Å². The first-order valence-electron chi connectivity index (χ1n) is 8.55. The van der Waals surface area contributed by atoms with Crippen molar-refractivity contribution in [3.8, 4) is 5.75 Å². The third-order valence-electron chi connectivity index (χ3n) is 3.73. The van der Waals surface area contributed by atoms with E-state index in [0.717, 1.165) is 32.6 Å². The zero-order valence-electron chi connectivity index (χ0n) is 15.4. The summed E-state index contributed by atoms with van der Waals surface area (Å²) in [4.78, 5) is 25.5.